The lowest BCUT2D eigenvalue weighted by molar-refractivity contribution is 0.0224. The van der Waals surface area contributed by atoms with E-state index in [1.807, 2.05) is 42.5 Å². The van der Waals surface area contributed by atoms with Gasteiger partial charge in [0.25, 0.3) is 0 Å². The van der Waals surface area contributed by atoms with Crippen LogP contribution in [0.1, 0.15) is 27.0 Å². The van der Waals surface area contributed by atoms with Crippen LogP contribution in [0.15, 0.2) is 85.1 Å². The van der Waals surface area contributed by atoms with Crippen LogP contribution in [0, 0.1) is 0 Å². The summed E-state index contributed by atoms with van der Waals surface area (Å²) >= 11 is 0. The Morgan fingerprint density at radius 3 is 2.32 bits per heavy atom. The molecule has 0 bridgehead atoms. The van der Waals surface area contributed by atoms with Gasteiger partial charge in [-0.15, -0.1) is 0 Å². The van der Waals surface area contributed by atoms with Crippen LogP contribution in [0.4, 0.5) is 11.4 Å². The molecule has 3 heterocycles. The van der Waals surface area contributed by atoms with E-state index in [1.165, 1.54) is 24.3 Å². The number of phenols is 2. The Balaban J connectivity index is 1.47. The second-order valence-corrected chi connectivity index (χ2v) is 9.10. The third-order valence-electron chi connectivity index (χ3n) is 7.03. The van der Waals surface area contributed by atoms with E-state index >= 15 is 0 Å². The number of aromatic hydroxyl groups is 2. The van der Waals surface area contributed by atoms with E-state index in [2.05, 4.69) is 10.3 Å². The van der Waals surface area contributed by atoms with Gasteiger partial charge in [-0.1, -0.05) is 12.1 Å². The average molecular weight is 504 g/mol. The molecule has 1 aromatic heterocycles. The number of fused-ring (bicyclic) bond motifs is 7. The van der Waals surface area contributed by atoms with Crippen molar-refractivity contribution < 1.29 is 29.2 Å². The van der Waals surface area contributed by atoms with E-state index in [0.717, 1.165) is 10.9 Å². The van der Waals surface area contributed by atoms with Gasteiger partial charge >= 0.3 is 5.97 Å². The van der Waals surface area contributed by atoms with E-state index in [4.69, 9.17) is 14.2 Å². The van der Waals surface area contributed by atoms with Crippen LogP contribution in [-0.4, -0.2) is 28.3 Å². The van der Waals surface area contributed by atoms with E-state index in [1.54, 1.807) is 25.4 Å². The van der Waals surface area contributed by atoms with Gasteiger partial charge in [-0.3, -0.25) is 4.98 Å². The second-order valence-electron chi connectivity index (χ2n) is 9.10. The number of esters is 1. The number of hydrogen-bond acceptors (Lipinski definition) is 8. The number of carbonyl (C=O) groups excluding carboxylic acids is 1. The highest BCUT2D eigenvalue weighted by atomic mass is 16.6. The van der Waals surface area contributed by atoms with Crippen molar-refractivity contribution in [1.29, 1.82) is 0 Å². The van der Waals surface area contributed by atoms with Crippen molar-refractivity contribution in [2.45, 2.75) is 5.60 Å². The highest BCUT2D eigenvalue weighted by molar-refractivity contribution is 6.05. The molecule has 186 valence electrons. The van der Waals surface area contributed by atoms with E-state index < -0.39 is 11.6 Å². The second kappa shape index (κ2) is 7.88. The van der Waals surface area contributed by atoms with Gasteiger partial charge in [-0.05, 0) is 54.6 Å². The molecule has 0 saturated carbocycles. The summed E-state index contributed by atoms with van der Waals surface area (Å²) in [6.07, 6.45) is 1.72. The molecule has 0 atom stereocenters. The van der Waals surface area contributed by atoms with Crippen molar-refractivity contribution in [3.63, 3.8) is 0 Å². The standard InChI is InChI=1S/C30H20N2O6/c1-36-24-12-11-22-18(4-3-13-31-22)28(24)32-23-6-2-5-21-27(23)29(35)38-30(21)19-9-7-16(33)14-25(19)37-26-15-17(34)8-10-20(26)30/h2-15,32-34H,1H3. The summed E-state index contributed by atoms with van der Waals surface area (Å²) in [7, 11) is 1.59. The lowest BCUT2D eigenvalue weighted by atomic mass is 9.77. The molecular weight excluding hydrogens is 484 g/mol. The molecule has 5 aromatic rings. The van der Waals surface area contributed by atoms with Crippen LogP contribution in [0.3, 0.4) is 0 Å². The summed E-state index contributed by atoms with van der Waals surface area (Å²) in [5, 5.41) is 24.5. The summed E-state index contributed by atoms with van der Waals surface area (Å²) in [5.74, 6) is 0.711. The largest absolute Gasteiger partial charge is 0.508 e. The van der Waals surface area contributed by atoms with Crippen LogP contribution >= 0.6 is 0 Å². The number of rotatable bonds is 3. The Bertz CT molecular complexity index is 1750. The predicted octanol–water partition coefficient (Wildman–Crippen LogP) is 5.97. The zero-order valence-electron chi connectivity index (χ0n) is 20.1. The Morgan fingerprint density at radius 2 is 1.61 bits per heavy atom. The quantitative estimate of drug-likeness (QED) is 0.258. The summed E-state index contributed by atoms with van der Waals surface area (Å²) in [4.78, 5) is 18.1. The van der Waals surface area contributed by atoms with Gasteiger partial charge < -0.3 is 29.7 Å². The summed E-state index contributed by atoms with van der Waals surface area (Å²) in [5.41, 5.74) is 2.71. The van der Waals surface area contributed by atoms with Crippen molar-refractivity contribution in [2.24, 2.45) is 0 Å². The molecule has 8 heteroatoms. The minimum absolute atomic E-state index is 0.000808. The fourth-order valence-corrected chi connectivity index (χ4v) is 5.42. The molecule has 1 spiro atoms. The third kappa shape index (κ3) is 2.97. The molecule has 2 aliphatic heterocycles. The molecule has 4 aromatic carbocycles. The first-order valence-electron chi connectivity index (χ1n) is 11.9. The first-order valence-corrected chi connectivity index (χ1v) is 11.9. The molecule has 38 heavy (non-hydrogen) atoms. The predicted molar refractivity (Wildman–Crippen MR) is 140 cm³/mol. The number of nitrogens with one attached hydrogen (secondary N) is 1. The van der Waals surface area contributed by atoms with Crippen molar-refractivity contribution in [3.8, 4) is 28.7 Å². The van der Waals surface area contributed by atoms with Crippen molar-refractivity contribution in [3.05, 3.63) is 107 Å². The van der Waals surface area contributed by atoms with Crippen LogP contribution in [0.5, 0.6) is 28.7 Å². The highest BCUT2D eigenvalue weighted by Gasteiger charge is 2.54. The van der Waals surface area contributed by atoms with Crippen LogP contribution in [0.2, 0.25) is 0 Å². The summed E-state index contributed by atoms with van der Waals surface area (Å²) < 4.78 is 17.9. The number of benzene rings is 4. The van der Waals surface area contributed by atoms with Crippen LogP contribution < -0.4 is 14.8 Å². The Kier molecular flexibility index (Phi) is 4.56. The minimum Gasteiger partial charge on any atom is -0.508 e. The zero-order valence-corrected chi connectivity index (χ0v) is 20.1. The Labute approximate surface area is 216 Å². The Morgan fingerprint density at radius 1 is 0.868 bits per heavy atom. The van der Waals surface area contributed by atoms with Crippen molar-refractivity contribution in [1.82, 2.24) is 4.98 Å². The molecule has 0 unspecified atom stereocenters. The summed E-state index contributed by atoms with van der Waals surface area (Å²) in [6, 6.07) is 22.3. The maximum absolute atomic E-state index is 13.7. The van der Waals surface area contributed by atoms with Crippen LogP contribution in [-0.2, 0) is 10.3 Å². The lowest BCUT2D eigenvalue weighted by Crippen LogP contribution is -2.32. The van der Waals surface area contributed by atoms with Crippen molar-refractivity contribution in [2.75, 3.05) is 12.4 Å². The maximum Gasteiger partial charge on any atom is 0.342 e. The number of anilines is 2. The van der Waals surface area contributed by atoms with Gasteiger partial charge in [-0.2, -0.15) is 0 Å². The SMILES string of the molecule is COc1ccc2ncccc2c1Nc1cccc2c1C(=O)OC21c2ccc(O)cc2Oc2cc(O)ccc21. The lowest BCUT2D eigenvalue weighted by Gasteiger charge is -2.36. The number of aromatic nitrogens is 1. The number of nitrogens with zero attached hydrogens (tertiary/aromatic N) is 1. The van der Waals surface area contributed by atoms with E-state index in [0.29, 0.717) is 50.9 Å². The summed E-state index contributed by atoms with van der Waals surface area (Å²) in [6.45, 7) is 0. The first kappa shape index (κ1) is 22.0. The number of hydrogen-bond donors (Lipinski definition) is 3. The number of ether oxygens (including phenoxy) is 3. The van der Waals surface area contributed by atoms with Gasteiger partial charge in [0.05, 0.1) is 29.6 Å². The monoisotopic (exact) mass is 504 g/mol. The molecule has 3 N–H and O–H groups in total. The molecule has 0 saturated heterocycles. The first-order chi connectivity index (χ1) is 18.5. The smallest absolute Gasteiger partial charge is 0.342 e. The average Bonchev–Trinajstić information content (AvgIpc) is 3.22. The molecule has 2 aliphatic rings. The highest BCUT2D eigenvalue weighted by Crippen LogP contribution is 2.58. The van der Waals surface area contributed by atoms with Gasteiger partial charge in [0.15, 0.2) is 5.60 Å². The van der Waals surface area contributed by atoms with Gasteiger partial charge in [0.1, 0.15) is 28.7 Å². The number of phenolic OH excluding ortho intramolecular Hbond substituents is 2. The normalized spacial score (nSPS) is 14.3. The van der Waals surface area contributed by atoms with Gasteiger partial charge in [-0.25, -0.2) is 4.79 Å². The topological polar surface area (TPSA) is 110 Å². The maximum atomic E-state index is 13.7. The minimum atomic E-state index is -1.35. The molecule has 0 radical (unpaired) electrons. The van der Waals surface area contributed by atoms with Gasteiger partial charge in [0, 0.05) is 40.4 Å². The fraction of sp³-hybridized carbons (Fsp3) is 0.0667. The molecule has 0 amide bonds. The van der Waals surface area contributed by atoms with Crippen LogP contribution in [0.25, 0.3) is 10.9 Å². The molecule has 7 rings (SSSR count). The van der Waals surface area contributed by atoms with E-state index in [-0.39, 0.29) is 11.5 Å². The van der Waals surface area contributed by atoms with Gasteiger partial charge in [0.2, 0.25) is 0 Å². The molecule has 8 nitrogen and oxygen atoms in total. The van der Waals surface area contributed by atoms with E-state index in [9.17, 15) is 15.0 Å². The molecule has 0 fully saturated rings. The Hall–Kier alpha value is -5.24. The fourth-order valence-electron chi connectivity index (χ4n) is 5.42. The zero-order chi connectivity index (χ0) is 26.0. The van der Waals surface area contributed by atoms with Crippen molar-refractivity contribution >= 4 is 28.2 Å². The number of pyridine rings is 1. The number of carbonyl (C=O) groups is 1. The third-order valence-corrected chi connectivity index (χ3v) is 7.03. The molecule has 0 aliphatic carbocycles. The number of methoxy groups -OCH3 is 1. The molecular formula is C30H20N2O6.